The lowest BCUT2D eigenvalue weighted by molar-refractivity contribution is -0.154. The number of carbonyl (C=O) groups excluding carboxylic acids is 2. The third-order valence-corrected chi connectivity index (χ3v) is 3.63. The highest BCUT2D eigenvalue weighted by Gasteiger charge is 2.34. The molecule has 2 rings (SSSR count). The van der Waals surface area contributed by atoms with Gasteiger partial charge in [0.1, 0.15) is 12.6 Å². The van der Waals surface area contributed by atoms with E-state index in [1.165, 1.54) is 0 Å². The van der Waals surface area contributed by atoms with Gasteiger partial charge in [-0.25, -0.2) is 4.79 Å². The zero-order valence-corrected chi connectivity index (χ0v) is 12.2. The van der Waals surface area contributed by atoms with Crippen molar-refractivity contribution >= 4 is 11.9 Å². The van der Waals surface area contributed by atoms with Crippen LogP contribution >= 0.6 is 0 Å². The Morgan fingerprint density at radius 3 is 2.81 bits per heavy atom. The molecule has 4 heteroatoms. The highest BCUT2D eigenvalue weighted by atomic mass is 16.5. The van der Waals surface area contributed by atoms with Crippen molar-refractivity contribution in [2.45, 2.75) is 38.3 Å². The lowest BCUT2D eigenvalue weighted by Gasteiger charge is -2.23. The number of hydrogen-bond donors (Lipinski definition) is 0. The van der Waals surface area contributed by atoms with Crippen molar-refractivity contribution in [1.29, 1.82) is 0 Å². The summed E-state index contributed by atoms with van der Waals surface area (Å²) < 4.78 is 5.34. The summed E-state index contributed by atoms with van der Waals surface area (Å²) >= 11 is 0. The first-order valence-electron chi connectivity index (χ1n) is 7.33. The van der Waals surface area contributed by atoms with Crippen LogP contribution < -0.4 is 0 Å². The van der Waals surface area contributed by atoms with E-state index in [1.807, 2.05) is 30.3 Å². The Labute approximate surface area is 125 Å². The summed E-state index contributed by atoms with van der Waals surface area (Å²) in [5.74, 6) is -0.294. The molecule has 4 nitrogen and oxygen atoms in total. The quantitative estimate of drug-likeness (QED) is 0.597. The Morgan fingerprint density at radius 1 is 1.33 bits per heavy atom. The molecule has 1 atom stereocenters. The van der Waals surface area contributed by atoms with Crippen molar-refractivity contribution in [2.75, 3.05) is 6.54 Å². The minimum atomic E-state index is -0.425. The number of carbonyl (C=O) groups is 2. The van der Waals surface area contributed by atoms with Crippen LogP contribution in [0.1, 0.15) is 31.2 Å². The Morgan fingerprint density at radius 2 is 2.10 bits per heavy atom. The fraction of sp³-hybridized carbons (Fsp3) is 0.412. The molecule has 0 bridgehead atoms. The number of likely N-dealkylation sites (tertiary alicyclic amines) is 1. The molecule has 1 aliphatic rings. The normalized spacial score (nSPS) is 17.5. The van der Waals surface area contributed by atoms with Gasteiger partial charge >= 0.3 is 5.97 Å². The lowest BCUT2D eigenvalue weighted by Crippen LogP contribution is -2.41. The second-order valence-corrected chi connectivity index (χ2v) is 5.17. The van der Waals surface area contributed by atoms with Crippen molar-refractivity contribution in [2.24, 2.45) is 0 Å². The maximum Gasteiger partial charge on any atom is 0.329 e. The molecule has 1 saturated heterocycles. The summed E-state index contributed by atoms with van der Waals surface area (Å²) in [6, 6.07) is 9.13. The molecule has 1 amide bonds. The molecule has 0 aliphatic carbocycles. The van der Waals surface area contributed by atoms with Gasteiger partial charge in [-0.15, -0.1) is 6.58 Å². The average Bonchev–Trinajstić information content (AvgIpc) is 3.01. The minimum Gasteiger partial charge on any atom is -0.459 e. The molecule has 0 aromatic heterocycles. The molecule has 112 valence electrons. The first-order chi connectivity index (χ1) is 10.2. The topological polar surface area (TPSA) is 46.6 Å². The zero-order chi connectivity index (χ0) is 15.1. The minimum absolute atomic E-state index is 0.00839. The Bertz CT molecular complexity index is 498. The van der Waals surface area contributed by atoms with Crippen LogP contribution in [0.4, 0.5) is 0 Å². The smallest absolute Gasteiger partial charge is 0.329 e. The molecule has 1 heterocycles. The molecule has 0 saturated carbocycles. The SMILES string of the molecule is C=CCCC(=O)N1CCC[C@H]1C(=O)OCc1ccccc1. The summed E-state index contributed by atoms with van der Waals surface area (Å²) in [5, 5.41) is 0. The Kier molecular flexibility index (Phi) is 5.55. The van der Waals surface area contributed by atoms with E-state index in [9.17, 15) is 9.59 Å². The van der Waals surface area contributed by atoms with E-state index in [2.05, 4.69) is 6.58 Å². The van der Waals surface area contributed by atoms with Gasteiger partial charge in [-0.05, 0) is 24.8 Å². The predicted octanol–water partition coefficient (Wildman–Crippen LogP) is 2.69. The summed E-state index contributed by atoms with van der Waals surface area (Å²) in [5.41, 5.74) is 0.952. The molecule has 1 aromatic rings. The van der Waals surface area contributed by atoms with Crippen LogP contribution in [0.25, 0.3) is 0 Å². The number of hydrogen-bond acceptors (Lipinski definition) is 3. The maximum absolute atomic E-state index is 12.2. The van der Waals surface area contributed by atoms with Crippen LogP contribution in [-0.2, 0) is 20.9 Å². The van der Waals surface area contributed by atoms with Gasteiger partial charge in [0.15, 0.2) is 0 Å². The third kappa shape index (κ3) is 4.18. The standard InChI is InChI=1S/C17H21NO3/c1-2-3-11-16(19)18-12-7-10-15(18)17(20)21-13-14-8-5-4-6-9-14/h2,4-6,8-9,15H,1,3,7,10-13H2/t15-/m0/s1. The fourth-order valence-electron chi connectivity index (χ4n) is 2.50. The molecule has 0 radical (unpaired) electrons. The molecule has 1 aromatic carbocycles. The number of amides is 1. The van der Waals surface area contributed by atoms with Crippen LogP contribution in [-0.4, -0.2) is 29.4 Å². The van der Waals surface area contributed by atoms with Gasteiger partial charge in [-0.3, -0.25) is 4.79 Å². The molecular formula is C17H21NO3. The summed E-state index contributed by atoms with van der Waals surface area (Å²) in [4.78, 5) is 25.9. The molecule has 1 fully saturated rings. The van der Waals surface area contributed by atoms with Gasteiger partial charge in [-0.1, -0.05) is 36.4 Å². The lowest BCUT2D eigenvalue weighted by atomic mass is 10.2. The van der Waals surface area contributed by atoms with E-state index in [0.717, 1.165) is 12.0 Å². The first kappa shape index (κ1) is 15.3. The number of ether oxygens (including phenoxy) is 1. The van der Waals surface area contributed by atoms with Crippen LogP contribution in [0.3, 0.4) is 0 Å². The fourth-order valence-corrected chi connectivity index (χ4v) is 2.50. The monoisotopic (exact) mass is 287 g/mol. The zero-order valence-electron chi connectivity index (χ0n) is 12.2. The van der Waals surface area contributed by atoms with Gasteiger partial charge in [0.2, 0.25) is 5.91 Å². The number of nitrogens with zero attached hydrogens (tertiary/aromatic N) is 1. The summed E-state index contributed by atoms with van der Waals surface area (Å²) in [7, 11) is 0. The van der Waals surface area contributed by atoms with Crippen molar-refractivity contribution < 1.29 is 14.3 Å². The van der Waals surface area contributed by atoms with Crippen molar-refractivity contribution in [1.82, 2.24) is 4.90 Å². The third-order valence-electron chi connectivity index (χ3n) is 3.63. The number of benzene rings is 1. The van der Waals surface area contributed by atoms with Crippen molar-refractivity contribution in [3.63, 3.8) is 0 Å². The van der Waals surface area contributed by atoms with Crippen LogP contribution in [0, 0.1) is 0 Å². The second-order valence-electron chi connectivity index (χ2n) is 5.17. The van der Waals surface area contributed by atoms with E-state index in [4.69, 9.17) is 4.74 Å². The van der Waals surface area contributed by atoms with E-state index in [1.54, 1.807) is 11.0 Å². The molecule has 1 aliphatic heterocycles. The van der Waals surface area contributed by atoms with Gasteiger partial charge in [0.25, 0.3) is 0 Å². The number of esters is 1. The first-order valence-corrected chi connectivity index (χ1v) is 7.33. The van der Waals surface area contributed by atoms with E-state index >= 15 is 0 Å². The number of rotatable bonds is 6. The second kappa shape index (κ2) is 7.62. The Hall–Kier alpha value is -2.10. The predicted molar refractivity (Wildman–Crippen MR) is 80.4 cm³/mol. The molecule has 0 spiro atoms. The molecule has 0 N–H and O–H groups in total. The molecule has 0 unspecified atom stereocenters. The highest BCUT2D eigenvalue weighted by molar-refractivity contribution is 5.85. The van der Waals surface area contributed by atoms with Gasteiger partial charge < -0.3 is 9.64 Å². The largest absolute Gasteiger partial charge is 0.459 e. The van der Waals surface area contributed by atoms with Crippen molar-refractivity contribution in [3.05, 3.63) is 48.6 Å². The summed E-state index contributed by atoms with van der Waals surface area (Å²) in [6.07, 6.45) is 4.31. The number of allylic oxidation sites excluding steroid dienone is 1. The van der Waals surface area contributed by atoms with Gasteiger partial charge in [0, 0.05) is 13.0 Å². The van der Waals surface area contributed by atoms with Crippen LogP contribution in [0.2, 0.25) is 0 Å². The van der Waals surface area contributed by atoms with Crippen LogP contribution in [0.5, 0.6) is 0 Å². The van der Waals surface area contributed by atoms with Gasteiger partial charge in [0.05, 0.1) is 0 Å². The van der Waals surface area contributed by atoms with Crippen molar-refractivity contribution in [3.8, 4) is 0 Å². The maximum atomic E-state index is 12.2. The van der Waals surface area contributed by atoms with Crippen LogP contribution in [0.15, 0.2) is 43.0 Å². The van der Waals surface area contributed by atoms with E-state index in [0.29, 0.717) is 25.8 Å². The Balaban J connectivity index is 1.88. The van der Waals surface area contributed by atoms with Gasteiger partial charge in [-0.2, -0.15) is 0 Å². The van der Waals surface area contributed by atoms with E-state index < -0.39 is 6.04 Å². The summed E-state index contributed by atoms with van der Waals surface area (Å²) in [6.45, 7) is 4.51. The molecular weight excluding hydrogens is 266 g/mol. The molecule has 21 heavy (non-hydrogen) atoms. The van der Waals surface area contributed by atoms with E-state index in [-0.39, 0.29) is 18.5 Å². The average molecular weight is 287 g/mol. The highest BCUT2D eigenvalue weighted by Crippen LogP contribution is 2.20.